The number of aliphatic carboxylic acids is 1. The fraction of sp³-hybridized carbons (Fsp3) is 0.588. The molecular formula is C17H18N2O7-2. The van der Waals surface area contributed by atoms with Crippen LogP contribution in [0.3, 0.4) is 0 Å². The van der Waals surface area contributed by atoms with E-state index in [0.29, 0.717) is 31.2 Å². The van der Waals surface area contributed by atoms with Crippen LogP contribution in [0.4, 0.5) is 11.4 Å². The van der Waals surface area contributed by atoms with E-state index in [4.69, 9.17) is 0 Å². The minimum absolute atomic E-state index is 0.168. The first-order valence-electron chi connectivity index (χ1n) is 8.41. The number of benzene rings is 1. The van der Waals surface area contributed by atoms with Crippen molar-refractivity contribution in [1.29, 1.82) is 0 Å². The zero-order chi connectivity index (χ0) is 19.4. The molecule has 1 aromatic rings. The summed E-state index contributed by atoms with van der Waals surface area (Å²) in [5, 5.41) is 47.0. The summed E-state index contributed by atoms with van der Waals surface area (Å²) in [5.74, 6) is -2.87. The van der Waals surface area contributed by atoms with Crippen LogP contribution in [0.5, 0.6) is 5.75 Å². The van der Waals surface area contributed by atoms with Gasteiger partial charge in [0, 0.05) is 28.4 Å². The second-order valence-corrected chi connectivity index (χ2v) is 7.69. The second-order valence-electron chi connectivity index (χ2n) is 7.69. The molecule has 140 valence electrons. The molecule has 0 amide bonds. The molecule has 1 aromatic carbocycles. The number of nitro benzene ring substituents is 2. The Kier molecular flexibility index (Phi) is 3.93. The Balaban J connectivity index is 2.31. The van der Waals surface area contributed by atoms with E-state index >= 15 is 0 Å². The van der Waals surface area contributed by atoms with Crippen LogP contribution in [0.25, 0.3) is 0 Å². The number of carbonyl (C=O) groups excluding carboxylic acids is 1. The molecule has 3 atom stereocenters. The van der Waals surface area contributed by atoms with Gasteiger partial charge < -0.3 is 15.0 Å². The van der Waals surface area contributed by atoms with Crippen LogP contribution < -0.4 is 10.2 Å². The van der Waals surface area contributed by atoms with Gasteiger partial charge in [-0.25, -0.2) is 0 Å². The van der Waals surface area contributed by atoms with Crippen molar-refractivity contribution in [2.45, 2.75) is 51.4 Å². The van der Waals surface area contributed by atoms with Gasteiger partial charge in [0.2, 0.25) is 0 Å². The minimum Gasteiger partial charge on any atom is -0.863 e. The lowest BCUT2D eigenvalue weighted by Crippen LogP contribution is -2.56. The minimum atomic E-state index is -1.22. The van der Waals surface area contributed by atoms with E-state index in [1.165, 1.54) is 0 Å². The smallest absolute Gasteiger partial charge is 0.272 e. The zero-order valence-electron chi connectivity index (χ0n) is 14.4. The molecule has 0 aliphatic heterocycles. The van der Waals surface area contributed by atoms with Gasteiger partial charge in [0.1, 0.15) is 0 Å². The molecule has 0 N–H and O–H groups in total. The van der Waals surface area contributed by atoms with E-state index in [-0.39, 0.29) is 12.0 Å². The van der Waals surface area contributed by atoms with E-state index in [9.17, 15) is 35.2 Å². The Hall–Kier alpha value is -2.71. The van der Waals surface area contributed by atoms with Crippen molar-refractivity contribution in [1.82, 2.24) is 0 Å². The molecule has 0 aromatic heterocycles. The first-order valence-corrected chi connectivity index (χ1v) is 8.41. The highest BCUT2D eigenvalue weighted by Crippen LogP contribution is 2.60. The number of carboxylic acids is 1. The van der Waals surface area contributed by atoms with Crippen LogP contribution in [0.1, 0.15) is 50.7 Å². The third-order valence-corrected chi connectivity index (χ3v) is 6.37. The second kappa shape index (κ2) is 5.65. The predicted octanol–water partition coefficient (Wildman–Crippen LogP) is 1.34. The molecule has 0 bridgehead atoms. The molecule has 0 spiro atoms. The van der Waals surface area contributed by atoms with Crippen LogP contribution in [0, 0.1) is 31.6 Å². The van der Waals surface area contributed by atoms with Gasteiger partial charge in [-0.2, -0.15) is 0 Å². The fourth-order valence-corrected chi connectivity index (χ4v) is 5.19. The van der Waals surface area contributed by atoms with E-state index in [0.717, 1.165) is 6.07 Å². The standard InChI is InChI=1S/C17H20N2O7/c1-16-6-3-7-17(2,15(21)22)11(16)5-4-9-8-10(18(23)24)14(20)13(12(9)16)19(25)26/h8,11,20H,3-7H2,1-2H3,(H,21,22)/p-2/t11-,16+,17-/m1/s1. The number of hydrogen-bond acceptors (Lipinski definition) is 7. The third kappa shape index (κ3) is 2.26. The average molecular weight is 362 g/mol. The SMILES string of the molecule is C[C@@]1(C(=O)[O-])CCC[C@]2(C)c3c(cc([N+](=O)[O-])c([O-])c3[N+](=O)[O-])CC[C@@H]12. The highest BCUT2D eigenvalue weighted by Gasteiger charge is 2.55. The maximum absolute atomic E-state index is 12.4. The van der Waals surface area contributed by atoms with Gasteiger partial charge in [-0.3, -0.25) is 20.2 Å². The van der Waals surface area contributed by atoms with Crippen LogP contribution in [0.2, 0.25) is 0 Å². The number of nitrogens with zero attached hydrogens (tertiary/aromatic N) is 2. The largest absolute Gasteiger partial charge is 0.863 e. The molecule has 2 aliphatic rings. The van der Waals surface area contributed by atoms with Crippen molar-refractivity contribution in [3.05, 3.63) is 37.4 Å². The Morgan fingerprint density at radius 3 is 2.38 bits per heavy atom. The number of nitro groups is 2. The summed E-state index contributed by atoms with van der Waals surface area (Å²) >= 11 is 0. The summed E-state index contributed by atoms with van der Waals surface area (Å²) in [6.45, 7) is 3.32. The Morgan fingerprint density at radius 2 is 1.85 bits per heavy atom. The van der Waals surface area contributed by atoms with Gasteiger partial charge in [-0.05, 0) is 37.2 Å². The maximum atomic E-state index is 12.4. The number of rotatable bonds is 3. The topological polar surface area (TPSA) is 149 Å². The van der Waals surface area contributed by atoms with E-state index < -0.39 is 49.7 Å². The molecule has 1 saturated carbocycles. The Labute approximate surface area is 148 Å². The molecule has 9 heteroatoms. The molecule has 9 nitrogen and oxygen atoms in total. The fourth-order valence-electron chi connectivity index (χ4n) is 5.19. The lowest BCUT2D eigenvalue weighted by Gasteiger charge is -2.55. The summed E-state index contributed by atoms with van der Waals surface area (Å²) in [7, 11) is 0. The van der Waals surface area contributed by atoms with E-state index in [1.54, 1.807) is 13.8 Å². The van der Waals surface area contributed by atoms with E-state index in [1.807, 2.05) is 0 Å². The molecule has 1 fully saturated rings. The molecule has 0 saturated heterocycles. The zero-order valence-corrected chi connectivity index (χ0v) is 14.4. The first-order chi connectivity index (χ1) is 12.0. The summed E-state index contributed by atoms with van der Waals surface area (Å²) < 4.78 is 0. The van der Waals surface area contributed by atoms with Gasteiger partial charge in [-0.15, -0.1) is 0 Å². The monoisotopic (exact) mass is 362 g/mol. The number of carboxylic acid groups (broad SMARTS) is 1. The lowest BCUT2D eigenvalue weighted by atomic mass is 9.49. The van der Waals surface area contributed by atoms with Crippen molar-refractivity contribution in [2.24, 2.45) is 11.3 Å². The maximum Gasteiger partial charge on any atom is 0.272 e. The molecule has 0 unspecified atom stereocenters. The van der Waals surface area contributed by atoms with Gasteiger partial charge in [0.05, 0.1) is 15.6 Å². The van der Waals surface area contributed by atoms with Crippen molar-refractivity contribution in [2.75, 3.05) is 0 Å². The van der Waals surface area contributed by atoms with Crippen molar-refractivity contribution < 1.29 is 24.9 Å². The van der Waals surface area contributed by atoms with Gasteiger partial charge >= 0.3 is 0 Å². The number of carbonyl (C=O) groups is 1. The molecule has 0 radical (unpaired) electrons. The highest BCUT2D eigenvalue weighted by atomic mass is 16.6. The summed E-state index contributed by atoms with van der Waals surface area (Å²) in [4.78, 5) is 32.8. The van der Waals surface area contributed by atoms with Crippen LogP contribution >= 0.6 is 0 Å². The Morgan fingerprint density at radius 1 is 1.19 bits per heavy atom. The molecule has 2 aliphatic carbocycles. The predicted molar refractivity (Wildman–Crippen MR) is 85.3 cm³/mol. The lowest BCUT2D eigenvalue weighted by molar-refractivity contribution is -0.417. The van der Waals surface area contributed by atoms with Gasteiger partial charge in [0.25, 0.3) is 11.4 Å². The van der Waals surface area contributed by atoms with Crippen LogP contribution in [-0.4, -0.2) is 15.8 Å². The molecule has 0 heterocycles. The van der Waals surface area contributed by atoms with Crippen molar-refractivity contribution in [3.8, 4) is 5.75 Å². The van der Waals surface area contributed by atoms with Gasteiger partial charge in [-0.1, -0.05) is 20.3 Å². The van der Waals surface area contributed by atoms with Crippen LogP contribution in [0.15, 0.2) is 6.07 Å². The highest BCUT2D eigenvalue weighted by molar-refractivity contribution is 5.74. The number of aryl methyl sites for hydroxylation is 1. The normalized spacial score (nSPS) is 30.2. The average Bonchev–Trinajstić information content (AvgIpc) is 2.53. The van der Waals surface area contributed by atoms with Crippen molar-refractivity contribution >= 4 is 17.3 Å². The number of fused-ring (bicyclic) bond motifs is 3. The first kappa shape index (κ1) is 18.1. The van der Waals surface area contributed by atoms with Crippen molar-refractivity contribution in [3.63, 3.8) is 0 Å². The summed E-state index contributed by atoms with van der Waals surface area (Å²) in [6, 6.07) is 1.12. The Bertz CT molecular complexity index is 837. The third-order valence-electron chi connectivity index (χ3n) is 6.37. The molecule has 26 heavy (non-hydrogen) atoms. The summed E-state index contributed by atoms with van der Waals surface area (Å²) in [5.41, 5.74) is -3.12. The molecule has 3 rings (SSSR count). The number of hydrogen-bond donors (Lipinski definition) is 0. The van der Waals surface area contributed by atoms with Gasteiger partial charge in [0.15, 0.2) is 0 Å². The van der Waals surface area contributed by atoms with E-state index in [2.05, 4.69) is 0 Å². The summed E-state index contributed by atoms with van der Waals surface area (Å²) in [6.07, 6.45) is 2.06. The van der Waals surface area contributed by atoms with Crippen LogP contribution in [-0.2, 0) is 16.6 Å². The quantitative estimate of drug-likeness (QED) is 0.581. The molecular weight excluding hydrogens is 344 g/mol.